The summed E-state index contributed by atoms with van der Waals surface area (Å²) in [7, 11) is -3.55. The highest BCUT2D eigenvalue weighted by Gasteiger charge is 2.28. The lowest BCUT2D eigenvalue weighted by Crippen LogP contribution is -2.35. The number of halogens is 1. The van der Waals surface area contributed by atoms with E-state index in [-0.39, 0.29) is 9.92 Å². The van der Waals surface area contributed by atoms with Gasteiger partial charge in [0.15, 0.2) is 0 Å². The molecule has 2 aromatic rings. The molecule has 6 heteroatoms. The summed E-state index contributed by atoms with van der Waals surface area (Å²) in [6.45, 7) is 5.59. The molecule has 0 bridgehead atoms. The molecule has 1 aliphatic heterocycles. The minimum atomic E-state index is -3.55. The van der Waals surface area contributed by atoms with Crippen LogP contribution in [0.15, 0.2) is 53.4 Å². The summed E-state index contributed by atoms with van der Waals surface area (Å²) in [4.78, 5) is 2.52. The lowest BCUT2D eigenvalue weighted by Gasteiger charge is -2.22. The molecule has 1 heterocycles. The Morgan fingerprint density at radius 3 is 2.44 bits per heavy atom. The number of rotatable bonds is 4. The number of sulfonamides is 1. The van der Waals surface area contributed by atoms with Crippen molar-refractivity contribution in [2.45, 2.75) is 24.8 Å². The predicted octanol–water partition coefficient (Wildman–Crippen LogP) is 3.55. The van der Waals surface area contributed by atoms with Crippen molar-refractivity contribution in [3.05, 3.63) is 64.7 Å². The number of hydrogen-bond acceptors (Lipinski definition) is 3. The molecule has 3 rings (SSSR count). The number of hydrogen-bond donors (Lipinski definition) is 0. The van der Waals surface area contributed by atoms with Crippen LogP contribution < -0.4 is 0 Å². The van der Waals surface area contributed by atoms with Crippen LogP contribution in [0, 0.1) is 6.92 Å². The van der Waals surface area contributed by atoms with Gasteiger partial charge in [-0.25, -0.2) is 8.42 Å². The molecule has 0 amide bonds. The highest BCUT2D eigenvalue weighted by Crippen LogP contribution is 2.25. The van der Waals surface area contributed by atoms with Gasteiger partial charge in [0.1, 0.15) is 4.90 Å². The second-order valence-electron chi connectivity index (χ2n) is 6.39. The first kappa shape index (κ1) is 18.4. The zero-order valence-electron chi connectivity index (χ0n) is 14.4. The van der Waals surface area contributed by atoms with Crippen molar-refractivity contribution in [1.82, 2.24) is 9.21 Å². The van der Waals surface area contributed by atoms with Gasteiger partial charge < -0.3 is 0 Å². The highest BCUT2D eigenvalue weighted by atomic mass is 35.5. The number of nitrogens with zero attached hydrogens (tertiary/aromatic N) is 2. The summed E-state index contributed by atoms with van der Waals surface area (Å²) in [5, 5.41) is 0.281. The average Bonchev–Trinajstić information content (AvgIpc) is 2.83. The Kier molecular flexibility index (Phi) is 5.79. The van der Waals surface area contributed by atoms with Crippen molar-refractivity contribution < 1.29 is 8.42 Å². The number of aryl methyl sites for hydroxylation is 1. The van der Waals surface area contributed by atoms with Crippen LogP contribution in [-0.4, -0.2) is 43.8 Å². The maximum Gasteiger partial charge on any atom is 0.244 e. The maximum atomic E-state index is 12.9. The molecule has 0 aliphatic carbocycles. The average molecular weight is 379 g/mol. The van der Waals surface area contributed by atoms with E-state index >= 15 is 0 Å². The standard InChI is InChI=1S/C19H23ClN2O2S/c1-16-7-2-3-8-17(16)15-21-11-6-12-22(14-13-21)25(23,24)19-10-5-4-9-18(19)20/h2-5,7-10H,6,11-15H2,1H3. The molecule has 1 fully saturated rings. The summed E-state index contributed by atoms with van der Waals surface area (Å²) in [5.41, 5.74) is 2.57. The molecular weight excluding hydrogens is 356 g/mol. The van der Waals surface area contributed by atoms with Crippen molar-refractivity contribution in [2.24, 2.45) is 0 Å². The van der Waals surface area contributed by atoms with Gasteiger partial charge in [-0.05, 0) is 43.1 Å². The first-order chi connectivity index (χ1) is 12.0. The number of benzene rings is 2. The lowest BCUT2D eigenvalue weighted by atomic mass is 10.1. The van der Waals surface area contributed by atoms with Crippen LogP contribution in [-0.2, 0) is 16.6 Å². The van der Waals surface area contributed by atoms with Crippen LogP contribution in [0.5, 0.6) is 0 Å². The van der Waals surface area contributed by atoms with Crippen LogP contribution in [0.4, 0.5) is 0 Å². The molecule has 0 spiro atoms. The molecule has 25 heavy (non-hydrogen) atoms. The van der Waals surface area contributed by atoms with Crippen molar-refractivity contribution in [3.63, 3.8) is 0 Å². The van der Waals surface area contributed by atoms with Gasteiger partial charge in [0.05, 0.1) is 5.02 Å². The predicted molar refractivity (Wildman–Crippen MR) is 101 cm³/mol. The van der Waals surface area contributed by atoms with Crippen LogP contribution >= 0.6 is 11.6 Å². The van der Waals surface area contributed by atoms with Crippen LogP contribution in [0.1, 0.15) is 17.5 Å². The van der Waals surface area contributed by atoms with E-state index in [0.717, 1.165) is 26.1 Å². The SMILES string of the molecule is Cc1ccccc1CN1CCCN(S(=O)(=O)c2ccccc2Cl)CC1. The fourth-order valence-electron chi connectivity index (χ4n) is 3.17. The Bertz CT molecular complexity index is 839. The molecule has 0 aromatic heterocycles. The van der Waals surface area contributed by atoms with E-state index in [2.05, 4.69) is 24.0 Å². The van der Waals surface area contributed by atoms with E-state index in [1.54, 1.807) is 28.6 Å². The van der Waals surface area contributed by atoms with E-state index in [1.807, 2.05) is 12.1 Å². The Hall–Kier alpha value is -1.40. The van der Waals surface area contributed by atoms with Gasteiger partial charge >= 0.3 is 0 Å². The second-order valence-corrected chi connectivity index (χ2v) is 8.70. The molecule has 0 atom stereocenters. The largest absolute Gasteiger partial charge is 0.298 e. The summed E-state index contributed by atoms with van der Waals surface area (Å²) >= 11 is 6.11. The normalized spacial score (nSPS) is 17.4. The van der Waals surface area contributed by atoms with Crippen LogP contribution in [0.25, 0.3) is 0 Å². The Morgan fingerprint density at radius 1 is 0.960 bits per heavy atom. The van der Waals surface area contributed by atoms with Crippen LogP contribution in [0.2, 0.25) is 5.02 Å². The lowest BCUT2D eigenvalue weighted by molar-refractivity contribution is 0.278. The Labute approximate surface area is 155 Å². The third-order valence-corrected chi connectivity index (χ3v) is 7.06. The molecule has 0 unspecified atom stereocenters. The summed E-state index contributed by atoms with van der Waals surface area (Å²) in [6.07, 6.45) is 0.815. The summed E-state index contributed by atoms with van der Waals surface area (Å²) in [6, 6.07) is 15.0. The monoisotopic (exact) mass is 378 g/mol. The maximum absolute atomic E-state index is 12.9. The topological polar surface area (TPSA) is 40.6 Å². The third-order valence-electron chi connectivity index (χ3n) is 4.66. The van der Waals surface area contributed by atoms with Gasteiger partial charge in [0, 0.05) is 26.2 Å². The molecular formula is C19H23ClN2O2S. The smallest absolute Gasteiger partial charge is 0.244 e. The van der Waals surface area contributed by atoms with E-state index in [0.29, 0.717) is 13.1 Å². The van der Waals surface area contributed by atoms with E-state index in [9.17, 15) is 8.42 Å². The first-order valence-electron chi connectivity index (χ1n) is 8.50. The molecule has 0 N–H and O–H groups in total. The van der Waals surface area contributed by atoms with Crippen molar-refractivity contribution in [1.29, 1.82) is 0 Å². The van der Waals surface area contributed by atoms with Crippen molar-refractivity contribution in [3.8, 4) is 0 Å². The molecule has 4 nitrogen and oxygen atoms in total. The fraction of sp³-hybridized carbons (Fsp3) is 0.368. The fourth-order valence-corrected chi connectivity index (χ4v) is 5.13. The zero-order chi connectivity index (χ0) is 17.9. The first-order valence-corrected chi connectivity index (χ1v) is 10.3. The summed E-state index contributed by atoms with van der Waals surface area (Å²) in [5.74, 6) is 0. The molecule has 1 saturated heterocycles. The zero-order valence-corrected chi connectivity index (χ0v) is 15.9. The van der Waals surface area contributed by atoms with E-state index < -0.39 is 10.0 Å². The van der Waals surface area contributed by atoms with Crippen molar-refractivity contribution in [2.75, 3.05) is 26.2 Å². The van der Waals surface area contributed by atoms with E-state index in [1.165, 1.54) is 11.1 Å². The van der Waals surface area contributed by atoms with Crippen LogP contribution in [0.3, 0.4) is 0 Å². The van der Waals surface area contributed by atoms with Gasteiger partial charge in [-0.2, -0.15) is 4.31 Å². The summed E-state index contributed by atoms with van der Waals surface area (Å²) < 4.78 is 27.4. The second kappa shape index (κ2) is 7.87. The minimum Gasteiger partial charge on any atom is -0.298 e. The quantitative estimate of drug-likeness (QED) is 0.816. The minimum absolute atomic E-state index is 0.198. The molecule has 134 valence electrons. The highest BCUT2D eigenvalue weighted by molar-refractivity contribution is 7.89. The van der Waals surface area contributed by atoms with Gasteiger partial charge in [-0.3, -0.25) is 4.90 Å². The molecule has 2 aromatic carbocycles. The van der Waals surface area contributed by atoms with Crippen molar-refractivity contribution >= 4 is 21.6 Å². The van der Waals surface area contributed by atoms with Gasteiger partial charge in [0.25, 0.3) is 0 Å². The van der Waals surface area contributed by atoms with E-state index in [4.69, 9.17) is 11.6 Å². The van der Waals surface area contributed by atoms with Gasteiger partial charge in [-0.1, -0.05) is 48.0 Å². The Morgan fingerprint density at radius 2 is 1.68 bits per heavy atom. The molecule has 1 aliphatic rings. The third kappa shape index (κ3) is 4.23. The van der Waals surface area contributed by atoms with Gasteiger partial charge in [0.2, 0.25) is 10.0 Å². The molecule has 0 saturated carbocycles. The molecule has 0 radical (unpaired) electrons. The Balaban J connectivity index is 1.71. The van der Waals surface area contributed by atoms with Gasteiger partial charge in [-0.15, -0.1) is 0 Å².